The smallest absolute Gasteiger partial charge is 0.152 e. The summed E-state index contributed by atoms with van der Waals surface area (Å²) < 4.78 is 1.69. The Labute approximate surface area is 165 Å². The number of Topliss-reactive ketones (excluding diaryl/α,β-unsaturated/α-hetero) is 1. The molecule has 1 aliphatic rings. The van der Waals surface area contributed by atoms with Gasteiger partial charge in [-0.3, -0.25) is 19.4 Å². The zero-order chi connectivity index (χ0) is 19.7. The number of benzene rings is 1. The molecule has 0 bridgehead atoms. The summed E-state index contributed by atoms with van der Waals surface area (Å²) >= 11 is 0. The van der Waals surface area contributed by atoms with Gasteiger partial charge in [0.05, 0.1) is 19.2 Å². The molecule has 3 heterocycles. The summed E-state index contributed by atoms with van der Waals surface area (Å²) in [5, 5.41) is 10.3. The third-order valence-corrected chi connectivity index (χ3v) is 5.40. The Morgan fingerprint density at radius 1 is 1.18 bits per heavy atom. The average Bonchev–Trinajstić information content (AvgIpc) is 3.10. The van der Waals surface area contributed by atoms with Gasteiger partial charge in [0.15, 0.2) is 5.78 Å². The van der Waals surface area contributed by atoms with Crippen LogP contribution in [-0.2, 0) is 18.3 Å². The molecule has 1 fully saturated rings. The Hall–Kier alpha value is -2.64. The van der Waals surface area contributed by atoms with Crippen LogP contribution in [0.25, 0.3) is 22.0 Å². The van der Waals surface area contributed by atoms with E-state index in [0.29, 0.717) is 19.0 Å². The fourth-order valence-corrected chi connectivity index (χ4v) is 3.82. The molecule has 0 N–H and O–H groups in total. The Balaban J connectivity index is 1.48. The van der Waals surface area contributed by atoms with Crippen LogP contribution in [0.4, 0.5) is 0 Å². The van der Waals surface area contributed by atoms with Gasteiger partial charge in [0.25, 0.3) is 0 Å². The van der Waals surface area contributed by atoms with Crippen LogP contribution in [0.3, 0.4) is 0 Å². The third-order valence-electron chi connectivity index (χ3n) is 5.40. The predicted octanol–water partition coefficient (Wildman–Crippen LogP) is 1.78. The molecule has 0 radical (unpaired) electrons. The number of fused-ring (bicyclic) bond motifs is 1. The first-order chi connectivity index (χ1) is 13.5. The molecule has 0 spiro atoms. The monoisotopic (exact) mass is 378 g/mol. The number of ketones is 1. The van der Waals surface area contributed by atoms with Crippen molar-refractivity contribution in [2.24, 2.45) is 7.05 Å². The molecular weight excluding hydrogens is 352 g/mol. The molecule has 1 saturated heterocycles. The maximum Gasteiger partial charge on any atom is 0.152 e. The van der Waals surface area contributed by atoms with E-state index in [0.717, 1.165) is 47.4 Å². The quantitative estimate of drug-likeness (QED) is 0.674. The van der Waals surface area contributed by atoms with Gasteiger partial charge in [0, 0.05) is 55.6 Å². The predicted molar refractivity (Wildman–Crippen MR) is 109 cm³/mol. The molecular formula is C21H26N6O. The van der Waals surface area contributed by atoms with Crippen molar-refractivity contribution in [2.45, 2.75) is 19.4 Å². The van der Waals surface area contributed by atoms with Gasteiger partial charge in [0.2, 0.25) is 0 Å². The number of rotatable bonds is 5. The van der Waals surface area contributed by atoms with E-state index in [2.05, 4.69) is 45.1 Å². The first kappa shape index (κ1) is 18.7. The number of piperazine rings is 1. The van der Waals surface area contributed by atoms with Crippen molar-refractivity contribution >= 4 is 16.6 Å². The van der Waals surface area contributed by atoms with E-state index >= 15 is 0 Å². The number of aromatic nitrogens is 4. The van der Waals surface area contributed by atoms with E-state index in [9.17, 15) is 4.79 Å². The van der Waals surface area contributed by atoms with Gasteiger partial charge in [-0.25, -0.2) is 0 Å². The second-order valence-corrected chi connectivity index (χ2v) is 7.81. The summed E-state index contributed by atoms with van der Waals surface area (Å²) in [5.74, 6) is 0.216. The number of hydrogen-bond donors (Lipinski definition) is 0. The van der Waals surface area contributed by atoms with E-state index < -0.39 is 0 Å². The van der Waals surface area contributed by atoms with Crippen LogP contribution in [-0.4, -0.2) is 74.8 Å². The van der Waals surface area contributed by atoms with Crippen molar-refractivity contribution in [3.8, 4) is 11.3 Å². The number of hydrogen-bond acceptors (Lipinski definition) is 6. The molecule has 1 atom stereocenters. The maximum atomic E-state index is 12.6. The lowest BCUT2D eigenvalue weighted by Crippen LogP contribution is -2.52. The van der Waals surface area contributed by atoms with Gasteiger partial charge >= 0.3 is 0 Å². The lowest BCUT2D eigenvalue weighted by atomic mass is 10.0. The number of aryl methyl sites for hydroxylation is 1. The molecule has 1 aromatic carbocycles. The molecule has 0 saturated carbocycles. The van der Waals surface area contributed by atoms with Crippen molar-refractivity contribution in [2.75, 3.05) is 33.2 Å². The number of carbonyl (C=O) groups is 1. The van der Waals surface area contributed by atoms with Crippen molar-refractivity contribution < 1.29 is 4.79 Å². The van der Waals surface area contributed by atoms with Crippen LogP contribution in [0.1, 0.15) is 12.6 Å². The molecule has 7 nitrogen and oxygen atoms in total. The van der Waals surface area contributed by atoms with Crippen molar-refractivity contribution in [1.82, 2.24) is 29.8 Å². The molecule has 2 aromatic heterocycles. The maximum absolute atomic E-state index is 12.6. The van der Waals surface area contributed by atoms with E-state index in [4.69, 9.17) is 0 Å². The second kappa shape index (κ2) is 7.77. The molecule has 4 rings (SSSR count). The molecule has 3 aromatic rings. The van der Waals surface area contributed by atoms with Crippen molar-refractivity contribution in [1.29, 1.82) is 0 Å². The molecule has 0 unspecified atom stereocenters. The Bertz CT molecular complexity index is 997. The molecule has 146 valence electrons. The molecule has 0 aliphatic carbocycles. The lowest BCUT2D eigenvalue weighted by molar-refractivity contribution is -0.120. The summed E-state index contributed by atoms with van der Waals surface area (Å²) in [6.45, 7) is 5.64. The van der Waals surface area contributed by atoms with Gasteiger partial charge < -0.3 is 4.90 Å². The largest absolute Gasteiger partial charge is 0.304 e. The van der Waals surface area contributed by atoms with Gasteiger partial charge in [-0.05, 0) is 31.5 Å². The molecule has 1 aliphatic heterocycles. The number of likely N-dealkylation sites (N-methyl/N-ethyl adjacent to an activating group) is 1. The summed E-state index contributed by atoms with van der Waals surface area (Å²) in [6, 6.07) is 8.55. The number of pyridine rings is 1. The lowest BCUT2D eigenvalue weighted by Gasteiger charge is -2.37. The minimum absolute atomic E-state index is 0.216. The highest BCUT2D eigenvalue weighted by atomic mass is 16.1. The number of nitrogens with zero attached hydrogens (tertiary/aromatic N) is 6. The third kappa shape index (κ3) is 4.10. The van der Waals surface area contributed by atoms with Crippen LogP contribution >= 0.6 is 0 Å². The standard InChI is InChI=1S/C21H26N6O/c1-15-12-25(2)6-7-27(15)13-20(28)10-19-9-18-8-16(4-5-17(18)11-22-19)21-14-26(3)24-23-21/h4-5,8-9,11,14-15H,6-7,10,12-13H2,1-3H3/t15-/m0/s1. The van der Waals surface area contributed by atoms with Crippen molar-refractivity contribution in [3.63, 3.8) is 0 Å². The zero-order valence-corrected chi connectivity index (χ0v) is 16.7. The van der Waals surface area contributed by atoms with Crippen molar-refractivity contribution in [3.05, 3.63) is 42.4 Å². The fraction of sp³-hybridized carbons (Fsp3) is 0.429. The second-order valence-electron chi connectivity index (χ2n) is 7.81. The van der Waals surface area contributed by atoms with Crippen LogP contribution in [0.15, 0.2) is 36.7 Å². The van der Waals surface area contributed by atoms with Crippen LogP contribution in [0, 0.1) is 0 Å². The normalized spacial score (nSPS) is 18.6. The van der Waals surface area contributed by atoms with Crippen LogP contribution in [0.2, 0.25) is 0 Å². The van der Waals surface area contributed by atoms with E-state index in [1.165, 1.54) is 0 Å². The molecule has 28 heavy (non-hydrogen) atoms. The SMILES string of the molecule is C[C@H]1CN(C)CCN1CC(=O)Cc1cc2cc(-c3cn(C)nn3)ccc2cn1. The van der Waals surface area contributed by atoms with Gasteiger partial charge in [0.1, 0.15) is 5.69 Å². The first-order valence-electron chi connectivity index (χ1n) is 9.67. The van der Waals surface area contributed by atoms with E-state index in [1.807, 2.05) is 37.6 Å². The Morgan fingerprint density at radius 2 is 2.04 bits per heavy atom. The van der Waals surface area contributed by atoms with Gasteiger partial charge in [-0.15, -0.1) is 5.10 Å². The summed E-state index contributed by atoms with van der Waals surface area (Å²) in [5.41, 5.74) is 2.66. The van der Waals surface area contributed by atoms with Crippen LogP contribution in [0.5, 0.6) is 0 Å². The van der Waals surface area contributed by atoms with E-state index in [-0.39, 0.29) is 5.78 Å². The first-order valence-corrected chi connectivity index (χ1v) is 9.67. The highest BCUT2D eigenvalue weighted by Crippen LogP contribution is 2.23. The van der Waals surface area contributed by atoms with Gasteiger partial charge in [-0.1, -0.05) is 17.3 Å². The zero-order valence-electron chi connectivity index (χ0n) is 16.7. The Morgan fingerprint density at radius 3 is 2.79 bits per heavy atom. The van der Waals surface area contributed by atoms with E-state index in [1.54, 1.807) is 4.68 Å². The fourth-order valence-electron chi connectivity index (χ4n) is 3.82. The summed E-state index contributed by atoms with van der Waals surface area (Å²) in [4.78, 5) is 21.7. The van der Waals surface area contributed by atoms with Crippen LogP contribution < -0.4 is 0 Å². The summed E-state index contributed by atoms with van der Waals surface area (Å²) in [6.07, 6.45) is 4.10. The molecule has 7 heteroatoms. The topological polar surface area (TPSA) is 67.2 Å². The summed E-state index contributed by atoms with van der Waals surface area (Å²) in [7, 11) is 3.98. The average molecular weight is 378 g/mol. The van der Waals surface area contributed by atoms with Gasteiger partial charge in [-0.2, -0.15) is 0 Å². The highest BCUT2D eigenvalue weighted by molar-refractivity contribution is 5.88. The number of carbonyl (C=O) groups excluding carboxylic acids is 1. The minimum Gasteiger partial charge on any atom is -0.304 e. The minimum atomic E-state index is 0.216. The Kier molecular flexibility index (Phi) is 5.19. The highest BCUT2D eigenvalue weighted by Gasteiger charge is 2.23. The molecule has 0 amide bonds.